The zero-order valence-electron chi connectivity index (χ0n) is 3.63. The minimum atomic E-state index is -0.633. The Bertz CT molecular complexity index is 34.4. The monoisotopic (exact) mass is 512 g/mol. The van der Waals surface area contributed by atoms with Crippen LogP contribution in [-0.2, 0) is 9.18 Å². The third-order valence-corrected chi connectivity index (χ3v) is 0. The Hall–Kier alpha value is 2.68. The van der Waals surface area contributed by atoms with Gasteiger partial charge in [-0.15, -0.1) is 0 Å². The van der Waals surface area contributed by atoms with Gasteiger partial charge in [0.05, 0.1) is 0 Å². The quantitative estimate of drug-likeness (QED) is 0.343. The first-order chi connectivity index (χ1) is 3.15. The number of rotatable bonds is 0. The van der Waals surface area contributed by atoms with E-state index >= 15 is 0 Å². The van der Waals surface area contributed by atoms with Crippen LogP contribution in [-0.4, -0.2) is 0 Å². The molecule has 0 N–H and O–H groups in total. The van der Waals surface area contributed by atoms with Gasteiger partial charge in [0.1, 0.15) is 0 Å². The molecule has 0 radical (unpaired) electrons. The summed E-state index contributed by atoms with van der Waals surface area (Å²) in [5.41, 5.74) is 0. The first kappa shape index (κ1) is 12.4. The summed E-state index contributed by atoms with van der Waals surface area (Å²) in [6, 6.07) is 0. The molecule has 0 aliphatic rings. The van der Waals surface area contributed by atoms with E-state index in [-0.39, 0.29) is 0 Å². The topological polar surface area (TPSA) is 0 Å². The maximum absolute atomic E-state index is 3.25. The minimum absolute atomic E-state index is 0.633. The molecule has 0 bridgehead atoms. The molecule has 0 heterocycles. The fraction of sp³-hybridized carbons (Fsp3) is 0. The van der Waals surface area contributed by atoms with Gasteiger partial charge in [0, 0.05) is 0 Å². The van der Waals surface area contributed by atoms with Crippen LogP contribution in [0.25, 0.3) is 0 Å². The SMILES string of the molecule is C=C[CH2-].[I][Zr]([I])[I]. The molecule has 0 aliphatic heterocycles. The van der Waals surface area contributed by atoms with Crippen molar-refractivity contribution < 1.29 is 9.18 Å². The summed E-state index contributed by atoms with van der Waals surface area (Å²) in [5, 5.41) is 0. The van der Waals surface area contributed by atoms with Crippen LogP contribution in [0.2, 0.25) is 0 Å². The van der Waals surface area contributed by atoms with Gasteiger partial charge in [0.15, 0.2) is 0 Å². The summed E-state index contributed by atoms with van der Waals surface area (Å²) in [6.07, 6.45) is 1.50. The van der Waals surface area contributed by atoms with Crippen LogP contribution in [0.4, 0.5) is 0 Å². The molecule has 0 spiro atoms. The van der Waals surface area contributed by atoms with Crippen molar-refractivity contribution in [2.75, 3.05) is 0 Å². The van der Waals surface area contributed by atoms with Gasteiger partial charge in [-0.25, -0.2) is 19.6 Å². The van der Waals surface area contributed by atoms with Crippen LogP contribution in [0.1, 0.15) is 0 Å². The van der Waals surface area contributed by atoms with E-state index in [1.54, 1.807) is 0 Å². The molecule has 0 nitrogen and oxygen atoms in total. The van der Waals surface area contributed by atoms with Crippen molar-refractivity contribution >= 4 is 54.1 Å². The van der Waals surface area contributed by atoms with Gasteiger partial charge >= 0.3 is 63.3 Å². The Balaban J connectivity index is 0. The molecule has 0 aromatic carbocycles. The first-order valence-corrected chi connectivity index (χ1v) is 23.3. The van der Waals surface area contributed by atoms with E-state index in [4.69, 9.17) is 0 Å². The molecular formula is C3H5I3Zr-. The summed E-state index contributed by atoms with van der Waals surface area (Å²) >= 11 is 7.54. The summed E-state index contributed by atoms with van der Waals surface area (Å²) in [4.78, 5) is 0. The molecule has 0 saturated carbocycles. The van der Waals surface area contributed by atoms with Crippen LogP contribution >= 0.6 is 54.1 Å². The van der Waals surface area contributed by atoms with Crippen molar-refractivity contribution in [2.45, 2.75) is 0 Å². The molecule has 43 valence electrons. The molecule has 0 aromatic rings. The second-order valence-electron chi connectivity index (χ2n) is 0.503. The van der Waals surface area contributed by atoms with Crippen molar-refractivity contribution in [3.8, 4) is 0 Å². The number of hydrogen-bond donors (Lipinski definition) is 0. The van der Waals surface area contributed by atoms with E-state index in [1.807, 2.05) is 0 Å². The Morgan fingerprint density at radius 3 is 1.43 bits per heavy atom. The molecule has 0 aliphatic carbocycles. The van der Waals surface area contributed by atoms with E-state index in [9.17, 15) is 0 Å². The summed E-state index contributed by atoms with van der Waals surface area (Å²) in [5.74, 6) is 0. The van der Waals surface area contributed by atoms with E-state index < -0.39 is 9.18 Å². The van der Waals surface area contributed by atoms with Crippen molar-refractivity contribution in [3.63, 3.8) is 0 Å². The van der Waals surface area contributed by atoms with Gasteiger partial charge in [-0.2, -0.15) is 0 Å². The molecule has 0 saturated heterocycles. The van der Waals surface area contributed by atoms with Gasteiger partial charge in [-0.1, -0.05) is 0 Å². The van der Waals surface area contributed by atoms with Gasteiger partial charge in [0.2, 0.25) is 0 Å². The maximum atomic E-state index is 3.25. The average Bonchev–Trinajstić information content (AvgIpc) is 1.33. The normalized spacial score (nSPS) is 5.57. The third kappa shape index (κ3) is 53.9. The molecule has 0 aromatic heterocycles. The zero-order chi connectivity index (χ0) is 6.28. The van der Waals surface area contributed by atoms with Gasteiger partial charge in [0.25, 0.3) is 0 Å². The van der Waals surface area contributed by atoms with Crippen LogP contribution in [0.5, 0.6) is 0 Å². The Morgan fingerprint density at radius 1 is 1.43 bits per heavy atom. The molecule has 0 fully saturated rings. The van der Waals surface area contributed by atoms with Crippen molar-refractivity contribution in [1.82, 2.24) is 0 Å². The fourth-order valence-electron chi connectivity index (χ4n) is 0. The van der Waals surface area contributed by atoms with Crippen molar-refractivity contribution in [2.24, 2.45) is 0 Å². The second-order valence-corrected chi connectivity index (χ2v) is 57.3. The Morgan fingerprint density at radius 2 is 1.43 bits per heavy atom. The number of hydrogen-bond acceptors (Lipinski definition) is 0. The number of halogens is 3. The van der Waals surface area contributed by atoms with Crippen LogP contribution in [0.15, 0.2) is 12.7 Å². The summed E-state index contributed by atoms with van der Waals surface area (Å²) in [6.45, 7) is 6.50. The van der Waals surface area contributed by atoms with Gasteiger partial charge in [-0.3, -0.25) is 0 Å². The average molecular weight is 513 g/mol. The van der Waals surface area contributed by atoms with Crippen molar-refractivity contribution in [1.29, 1.82) is 0 Å². The van der Waals surface area contributed by atoms with Crippen molar-refractivity contribution in [3.05, 3.63) is 19.6 Å². The Labute approximate surface area is 80.6 Å². The molecule has 4 heteroatoms. The Kier molecular flexibility index (Phi) is 20.3. The molecule has 0 atom stereocenters. The molecule has 0 unspecified atom stereocenters. The van der Waals surface area contributed by atoms with E-state index in [2.05, 4.69) is 67.6 Å². The van der Waals surface area contributed by atoms with E-state index in [0.717, 1.165) is 0 Å². The molecule has 0 rings (SSSR count). The standard InChI is InChI=1S/C3H5.3HI.Zr/c1-3-2;;;;/h3H,1-2H2;3*1H;/q-1;;;;+3/p-3. The van der Waals surface area contributed by atoms with Gasteiger partial charge in [-0.05, 0) is 0 Å². The molecular weight excluding hydrogens is 508 g/mol. The van der Waals surface area contributed by atoms with Crippen LogP contribution in [0.3, 0.4) is 0 Å². The molecule has 0 amide bonds. The van der Waals surface area contributed by atoms with E-state index in [1.165, 1.54) is 6.08 Å². The van der Waals surface area contributed by atoms with E-state index in [0.29, 0.717) is 0 Å². The van der Waals surface area contributed by atoms with Gasteiger partial charge < -0.3 is 0 Å². The summed E-state index contributed by atoms with van der Waals surface area (Å²) < 4.78 is 0. The number of allylic oxidation sites excluding steroid dienone is 1. The third-order valence-electron chi connectivity index (χ3n) is 0. The van der Waals surface area contributed by atoms with Crippen LogP contribution < -0.4 is 0 Å². The second kappa shape index (κ2) is 11.5. The van der Waals surface area contributed by atoms with Crippen LogP contribution in [0, 0.1) is 6.92 Å². The first-order valence-electron chi connectivity index (χ1n) is 1.38. The molecule has 7 heavy (non-hydrogen) atoms. The fourth-order valence-corrected chi connectivity index (χ4v) is 0. The predicted molar refractivity (Wildman–Crippen MR) is 57.6 cm³/mol. The summed E-state index contributed by atoms with van der Waals surface area (Å²) in [7, 11) is -0.633. The predicted octanol–water partition coefficient (Wildman–Crippen LogP) is 3.66. The zero-order valence-corrected chi connectivity index (χ0v) is 12.6.